The maximum atomic E-state index is 13.2. The number of carbonyl (C=O) groups excluding carboxylic acids is 1. The summed E-state index contributed by atoms with van der Waals surface area (Å²) in [6, 6.07) is 13.5. The van der Waals surface area contributed by atoms with E-state index in [0.717, 1.165) is 21.0 Å². The Kier molecular flexibility index (Phi) is 4.54. The summed E-state index contributed by atoms with van der Waals surface area (Å²) in [5.41, 5.74) is 0.247. The topological polar surface area (TPSA) is 82.1 Å². The molecule has 8 heteroatoms. The van der Waals surface area contributed by atoms with Crippen molar-refractivity contribution in [1.82, 2.24) is 18.7 Å². The van der Waals surface area contributed by atoms with E-state index in [9.17, 15) is 14.4 Å². The Hall–Kier alpha value is -3.68. The lowest BCUT2D eigenvalue weighted by atomic mass is 10.1. The van der Waals surface area contributed by atoms with Gasteiger partial charge in [0, 0.05) is 26.0 Å². The normalized spacial score (nSPS) is 11.3. The maximum absolute atomic E-state index is 13.2. The summed E-state index contributed by atoms with van der Waals surface area (Å²) in [5.74, 6) is -0.329. The van der Waals surface area contributed by atoms with Gasteiger partial charge in [0.25, 0.3) is 5.56 Å². The third-order valence-electron chi connectivity index (χ3n) is 5.17. The van der Waals surface area contributed by atoms with Gasteiger partial charge in [0.15, 0.2) is 11.2 Å². The first-order valence-corrected chi connectivity index (χ1v) is 9.33. The number of hydrogen-bond acceptors (Lipinski definition) is 4. The third-order valence-corrected chi connectivity index (χ3v) is 5.17. The second kappa shape index (κ2) is 7.05. The smallest absolute Gasteiger partial charge is 0.328 e. The van der Waals surface area contributed by atoms with E-state index >= 15 is 0 Å². The van der Waals surface area contributed by atoms with Gasteiger partial charge >= 0.3 is 5.69 Å². The van der Waals surface area contributed by atoms with Gasteiger partial charge in [0.2, 0.25) is 5.91 Å². The summed E-state index contributed by atoms with van der Waals surface area (Å²) in [4.78, 5) is 44.5. The first-order valence-electron chi connectivity index (χ1n) is 9.33. The summed E-state index contributed by atoms with van der Waals surface area (Å²) in [6.45, 7) is 1.93. The Morgan fingerprint density at radius 1 is 1.07 bits per heavy atom. The second-order valence-corrected chi connectivity index (χ2v) is 6.90. The molecule has 0 radical (unpaired) electrons. The molecule has 0 bridgehead atoms. The lowest BCUT2D eigenvalue weighted by Crippen LogP contribution is -2.44. The van der Waals surface area contributed by atoms with Crippen LogP contribution >= 0.6 is 0 Å². The minimum atomic E-state index is -0.566. The highest BCUT2D eigenvalue weighted by molar-refractivity contribution is 6.03. The van der Waals surface area contributed by atoms with Gasteiger partial charge in [-0.1, -0.05) is 36.4 Å². The van der Waals surface area contributed by atoms with Crippen LogP contribution in [0.25, 0.3) is 21.9 Å². The Labute approximate surface area is 166 Å². The predicted molar refractivity (Wildman–Crippen MR) is 112 cm³/mol. The van der Waals surface area contributed by atoms with E-state index < -0.39 is 11.2 Å². The molecule has 8 nitrogen and oxygen atoms in total. The molecule has 0 N–H and O–H groups in total. The molecule has 4 aromatic rings. The van der Waals surface area contributed by atoms with Gasteiger partial charge in [-0.25, -0.2) is 14.3 Å². The molecule has 1 amide bonds. The van der Waals surface area contributed by atoms with Crippen LogP contribution in [0.15, 0.2) is 58.4 Å². The molecule has 0 unspecified atom stereocenters. The van der Waals surface area contributed by atoms with E-state index in [-0.39, 0.29) is 18.0 Å². The summed E-state index contributed by atoms with van der Waals surface area (Å²) in [7, 11) is 3.22. The Balaban J connectivity index is 1.80. The van der Waals surface area contributed by atoms with Gasteiger partial charge in [-0.3, -0.25) is 14.2 Å². The zero-order chi connectivity index (χ0) is 20.7. The molecule has 4 rings (SSSR count). The van der Waals surface area contributed by atoms with Crippen molar-refractivity contribution in [2.75, 3.05) is 11.4 Å². The van der Waals surface area contributed by atoms with E-state index in [4.69, 9.17) is 0 Å². The van der Waals surface area contributed by atoms with Gasteiger partial charge in [-0.05, 0) is 18.4 Å². The number of nitrogens with zero attached hydrogens (tertiary/aromatic N) is 5. The number of aromatic nitrogens is 4. The van der Waals surface area contributed by atoms with Crippen LogP contribution in [0.2, 0.25) is 0 Å². The van der Waals surface area contributed by atoms with Gasteiger partial charge in [-0.15, -0.1) is 0 Å². The lowest BCUT2D eigenvalue weighted by Gasteiger charge is -2.23. The number of aryl methyl sites for hydroxylation is 2. The third kappa shape index (κ3) is 2.93. The quantitative estimate of drug-likeness (QED) is 0.530. The number of likely N-dealkylation sites (N-methyl/N-ethyl adjacent to an activating group) is 1. The average molecular weight is 391 g/mol. The van der Waals surface area contributed by atoms with E-state index in [0.29, 0.717) is 12.2 Å². The number of hydrogen-bond donors (Lipinski definition) is 0. The first-order chi connectivity index (χ1) is 13.9. The highest BCUT2D eigenvalue weighted by Crippen LogP contribution is 2.26. The Morgan fingerprint density at radius 3 is 2.55 bits per heavy atom. The fourth-order valence-electron chi connectivity index (χ4n) is 3.68. The summed E-state index contributed by atoms with van der Waals surface area (Å²) >= 11 is 0. The monoisotopic (exact) mass is 391 g/mol. The van der Waals surface area contributed by atoms with Crippen LogP contribution in [0.3, 0.4) is 0 Å². The van der Waals surface area contributed by atoms with E-state index in [1.807, 2.05) is 49.4 Å². The summed E-state index contributed by atoms with van der Waals surface area (Å²) in [5, 5.41) is 1.95. The number of rotatable bonds is 4. The summed E-state index contributed by atoms with van der Waals surface area (Å²) < 4.78 is 3.82. The number of imidazole rings is 1. The van der Waals surface area contributed by atoms with E-state index in [1.54, 1.807) is 23.6 Å². The standard InChI is InChI=1S/C21H21N5O3/c1-4-25(16-11-7-9-14-8-5-6-10-15(14)16)17(27)12-26-20(28)18-19(22-13-23(18)2)24(3)21(26)29/h5-11,13H,4,12H2,1-3H3. The number of carbonyl (C=O) groups is 1. The van der Waals surface area contributed by atoms with Crippen LogP contribution in [0, 0.1) is 0 Å². The van der Waals surface area contributed by atoms with Crippen LogP contribution in [0.5, 0.6) is 0 Å². The fraction of sp³-hybridized carbons (Fsp3) is 0.238. The van der Waals surface area contributed by atoms with Crippen molar-refractivity contribution >= 4 is 33.5 Å². The molecule has 0 saturated heterocycles. The van der Waals surface area contributed by atoms with Gasteiger partial charge in [0.05, 0.1) is 12.0 Å². The first kappa shape index (κ1) is 18.7. The van der Waals surface area contributed by atoms with E-state index in [1.165, 1.54) is 10.9 Å². The molecule has 0 saturated carbocycles. The number of benzene rings is 2. The van der Waals surface area contributed by atoms with Crippen LogP contribution < -0.4 is 16.1 Å². The lowest BCUT2D eigenvalue weighted by molar-refractivity contribution is -0.119. The van der Waals surface area contributed by atoms with E-state index in [2.05, 4.69) is 4.98 Å². The predicted octanol–water partition coefficient (Wildman–Crippen LogP) is 1.64. The molecule has 29 heavy (non-hydrogen) atoms. The average Bonchev–Trinajstić information content (AvgIpc) is 3.12. The minimum Gasteiger partial charge on any atom is -0.328 e. The Morgan fingerprint density at radius 2 is 1.79 bits per heavy atom. The van der Waals surface area contributed by atoms with Gasteiger partial charge < -0.3 is 9.47 Å². The molecule has 148 valence electrons. The maximum Gasteiger partial charge on any atom is 0.332 e. The highest BCUT2D eigenvalue weighted by Gasteiger charge is 2.21. The van der Waals surface area contributed by atoms with Crippen molar-refractivity contribution in [3.63, 3.8) is 0 Å². The summed E-state index contributed by atoms with van der Waals surface area (Å²) in [6.07, 6.45) is 1.48. The second-order valence-electron chi connectivity index (χ2n) is 6.90. The van der Waals surface area contributed by atoms with Crippen molar-refractivity contribution in [3.8, 4) is 0 Å². The molecule has 0 aliphatic carbocycles. The number of fused-ring (bicyclic) bond motifs is 2. The molecule has 0 fully saturated rings. The van der Waals surface area contributed by atoms with Gasteiger partial charge in [-0.2, -0.15) is 0 Å². The van der Waals surface area contributed by atoms with Crippen LogP contribution in [0.1, 0.15) is 6.92 Å². The fourth-order valence-corrected chi connectivity index (χ4v) is 3.68. The van der Waals surface area contributed by atoms with Crippen molar-refractivity contribution < 1.29 is 4.79 Å². The largest absolute Gasteiger partial charge is 0.332 e. The van der Waals surface area contributed by atoms with Crippen molar-refractivity contribution in [1.29, 1.82) is 0 Å². The van der Waals surface area contributed by atoms with Crippen LogP contribution in [0.4, 0.5) is 5.69 Å². The highest BCUT2D eigenvalue weighted by atomic mass is 16.2. The molecule has 0 atom stereocenters. The molecule has 0 aliphatic rings. The van der Waals surface area contributed by atoms with Crippen molar-refractivity contribution in [2.24, 2.45) is 14.1 Å². The molecule has 2 aromatic heterocycles. The minimum absolute atomic E-state index is 0.285. The van der Waals surface area contributed by atoms with Gasteiger partial charge in [0.1, 0.15) is 6.54 Å². The SMILES string of the molecule is CCN(C(=O)Cn1c(=O)c2c(ncn2C)n(C)c1=O)c1cccc2ccccc12. The molecular formula is C21H21N5O3. The molecule has 0 spiro atoms. The van der Waals surface area contributed by atoms with Crippen molar-refractivity contribution in [2.45, 2.75) is 13.5 Å². The van der Waals surface area contributed by atoms with Crippen molar-refractivity contribution in [3.05, 3.63) is 69.6 Å². The zero-order valence-corrected chi connectivity index (χ0v) is 16.5. The molecule has 0 aliphatic heterocycles. The number of anilines is 1. The molecule has 2 aromatic carbocycles. The Bertz CT molecular complexity index is 1360. The molecular weight excluding hydrogens is 370 g/mol. The van der Waals surface area contributed by atoms with Crippen LogP contribution in [-0.2, 0) is 25.4 Å². The zero-order valence-electron chi connectivity index (χ0n) is 16.5. The van der Waals surface area contributed by atoms with Crippen LogP contribution in [-0.4, -0.2) is 31.1 Å². The molecule has 2 heterocycles. The number of amides is 1.